The van der Waals surface area contributed by atoms with Crippen LogP contribution in [0, 0.1) is 11.6 Å². The fraction of sp³-hybridized carbons (Fsp3) is 0.167. The van der Waals surface area contributed by atoms with E-state index in [9.17, 15) is 13.6 Å². The Bertz CT molecular complexity index is 1040. The Morgan fingerprint density at radius 2 is 2.08 bits per heavy atom. The van der Waals surface area contributed by atoms with E-state index in [4.69, 9.17) is 0 Å². The van der Waals surface area contributed by atoms with Gasteiger partial charge in [-0.05, 0) is 31.2 Å². The van der Waals surface area contributed by atoms with Crippen molar-refractivity contribution in [1.29, 1.82) is 0 Å². The van der Waals surface area contributed by atoms with Crippen LogP contribution < -0.4 is 10.2 Å². The van der Waals surface area contributed by atoms with Crippen LogP contribution in [0.3, 0.4) is 0 Å². The van der Waals surface area contributed by atoms with Gasteiger partial charge in [0.15, 0.2) is 0 Å². The number of hydrogen-bond donors (Lipinski definition) is 2. The standard InChI is InChI=1S/C18H15F2N5O/c1-10-21-4-5-25(10)17-7-13(14(19)8-15(17)20)18(26)23-12-2-3-16-11(6-12)9-22-24-16/h2-3,6-9H,4-5H2,1H3,(H,22,24)(H,23,26). The van der Waals surface area contributed by atoms with Crippen molar-refractivity contribution in [2.24, 2.45) is 4.99 Å². The van der Waals surface area contributed by atoms with Crippen LogP contribution in [0.2, 0.25) is 0 Å². The summed E-state index contributed by atoms with van der Waals surface area (Å²) in [7, 11) is 0. The van der Waals surface area contributed by atoms with E-state index in [0.29, 0.717) is 24.6 Å². The molecule has 0 bridgehead atoms. The molecule has 1 amide bonds. The number of amidine groups is 1. The number of anilines is 2. The average molecular weight is 355 g/mol. The van der Waals surface area contributed by atoms with Crippen molar-refractivity contribution in [3.63, 3.8) is 0 Å². The lowest BCUT2D eigenvalue weighted by atomic mass is 10.1. The summed E-state index contributed by atoms with van der Waals surface area (Å²) in [6, 6.07) is 7.11. The van der Waals surface area contributed by atoms with Gasteiger partial charge in [0.1, 0.15) is 17.5 Å². The summed E-state index contributed by atoms with van der Waals surface area (Å²) in [6.07, 6.45) is 1.62. The molecule has 3 aromatic rings. The minimum atomic E-state index is -0.915. The van der Waals surface area contributed by atoms with Gasteiger partial charge in [0.25, 0.3) is 5.91 Å². The summed E-state index contributed by atoms with van der Waals surface area (Å²) in [5.41, 5.74) is 1.23. The van der Waals surface area contributed by atoms with E-state index in [1.54, 1.807) is 36.2 Å². The van der Waals surface area contributed by atoms with Gasteiger partial charge in [0, 0.05) is 23.7 Å². The molecule has 2 N–H and O–H groups in total. The molecular formula is C18H15F2N5O. The predicted molar refractivity (Wildman–Crippen MR) is 95.7 cm³/mol. The molecule has 6 nitrogen and oxygen atoms in total. The maximum absolute atomic E-state index is 14.2. The van der Waals surface area contributed by atoms with Gasteiger partial charge in [-0.3, -0.25) is 14.9 Å². The molecule has 1 aliphatic heterocycles. The van der Waals surface area contributed by atoms with Crippen LogP contribution >= 0.6 is 0 Å². The van der Waals surface area contributed by atoms with Gasteiger partial charge in [-0.15, -0.1) is 0 Å². The molecule has 2 aromatic carbocycles. The second-order valence-corrected chi connectivity index (χ2v) is 5.99. The number of fused-ring (bicyclic) bond motifs is 1. The van der Waals surface area contributed by atoms with Gasteiger partial charge < -0.3 is 10.2 Å². The number of aromatic nitrogens is 2. The van der Waals surface area contributed by atoms with Crippen LogP contribution in [0.25, 0.3) is 10.9 Å². The van der Waals surface area contributed by atoms with Crippen molar-refractivity contribution in [3.05, 3.63) is 53.7 Å². The highest BCUT2D eigenvalue weighted by Gasteiger charge is 2.23. The molecule has 2 heterocycles. The summed E-state index contributed by atoms with van der Waals surface area (Å²) in [4.78, 5) is 18.3. The predicted octanol–water partition coefficient (Wildman–Crippen LogP) is 3.33. The smallest absolute Gasteiger partial charge is 0.258 e. The Balaban J connectivity index is 1.65. The summed E-state index contributed by atoms with van der Waals surface area (Å²) >= 11 is 0. The molecule has 0 fully saturated rings. The first-order valence-electron chi connectivity index (χ1n) is 8.05. The highest BCUT2D eigenvalue weighted by molar-refractivity contribution is 6.06. The summed E-state index contributed by atoms with van der Waals surface area (Å²) < 4.78 is 28.4. The first-order valence-corrected chi connectivity index (χ1v) is 8.05. The highest BCUT2D eigenvalue weighted by Crippen LogP contribution is 2.26. The minimum absolute atomic E-state index is 0.139. The molecule has 1 aliphatic rings. The number of nitrogens with one attached hydrogen (secondary N) is 2. The van der Waals surface area contributed by atoms with Crippen molar-refractivity contribution in [2.45, 2.75) is 6.92 Å². The largest absolute Gasteiger partial charge is 0.326 e. The molecule has 0 saturated heterocycles. The molecule has 132 valence electrons. The van der Waals surface area contributed by atoms with E-state index >= 15 is 0 Å². The number of benzene rings is 2. The Morgan fingerprint density at radius 3 is 2.85 bits per heavy atom. The zero-order valence-corrected chi connectivity index (χ0v) is 13.9. The lowest BCUT2D eigenvalue weighted by molar-refractivity contribution is 0.102. The normalized spacial score (nSPS) is 14.0. The van der Waals surface area contributed by atoms with Gasteiger partial charge >= 0.3 is 0 Å². The number of hydrogen-bond acceptors (Lipinski definition) is 4. The number of halogens is 2. The van der Waals surface area contributed by atoms with Crippen molar-refractivity contribution < 1.29 is 13.6 Å². The van der Waals surface area contributed by atoms with E-state index in [2.05, 4.69) is 20.5 Å². The van der Waals surface area contributed by atoms with Crippen molar-refractivity contribution in [3.8, 4) is 0 Å². The zero-order chi connectivity index (χ0) is 18.3. The third-order valence-electron chi connectivity index (χ3n) is 4.32. The van der Waals surface area contributed by atoms with Crippen LogP contribution in [0.5, 0.6) is 0 Å². The van der Waals surface area contributed by atoms with Crippen LogP contribution in [0.15, 0.2) is 41.5 Å². The van der Waals surface area contributed by atoms with Crippen molar-refractivity contribution >= 4 is 34.0 Å². The Hall–Kier alpha value is -3.29. The minimum Gasteiger partial charge on any atom is -0.326 e. The lowest BCUT2D eigenvalue weighted by Crippen LogP contribution is -2.27. The summed E-state index contributed by atoms with van der Waals surface area (Å²) in [6.45, 7) is 2.77. The maximum atomic E-state index is 14.2. The molecule has 8 heteroatoms. The molecule has 0 spiro atoms. The molecule has 0 atom stereocenters. The van der Waals surface area contributed by atoms with Crippen LogP contribution in [0.1, 0.15) is 17.3 Å². The van der Waals surface area contributed by atoms with E-state index in [1.165, 1.54) is 6.07 Å². The number of aromatic amines is 1. The maximum Gasteiger partial charge on any atom is 0.258 e. The van der Waals surface area contributed by atoms with Gasteiger partial charge in [-0.25, -0.2) is 8.78 Å². The van der Waals surface area contributed by atoms with Gasteiger partial charge in [0.2, 0.25) is 0 Å². The Kier molecular flexibility index (Phi) is 3.87. The number of H-pyrrole nitrogens is 1. The number of carbonyl (C=O) groups is 1. The van der Waals surface area contributed by atoms with E-state index < -0.39 is 17.5 Å². The third-order valence-corrected chi connectivity index (χ3v) is 4.32. The quantitative estimate of drug-likeness (QED) is 0.757. The monoisotopic (exact) mass is 355 g/mol. The second kappa shape index (κ2) is 6.21. The van der Waals surface area contributed by atoms with Crippen LogP contribution in [0.4, 0.5) is 20.2 Å². The first kappa shape index (κ1) is 16.2. The average Bonchev–Trinajstić information content (AvgIpc) is 3.23. The third kappa shape index (κ3) is 2.79. The fourth-order valence-electron chi connectivity index (χ4n) is 2.99. The SMILES string of the molecule is CC1=NCCN1c1cc(C(=O)Nc2ccc3[nH]ncc3c2)c(F)cc1F. The Morgan fingerprint density at radius 1 is 1.23 bits per heavy atom. The topological polar surface area (TPSA) is 73.4 Å². The number of aliphatic imine (C=N–C) groups is 1. The van der Waals surface area contributed by atoms with Crippen molar-refractivity contribution in [2.75, 3.05) is 23.3 Å². The summed E-state index contributed by atoms with van der Waals surface area (Å²) in [5, 5.41) is 10.2. The first-order chi connectivity index (χ1) is 12.5. The number of carbonyl (C=O) groups excluding carboxylic acids is 1. The molecule has 1 aromatic heterocycles. The summed E-state index contributed by atoms with van der Waals surface area (Å²) in [5.74, 6) is -1.66. The van der Waals surface area contributed by atoms with Gasteiger partial charge in [-0.2, -0.15) is 5.10 Å². The molecule has 0 aliphatic carbocycles. The van der Waals surface area contributed by atoms with Gasteiger partial charge in [0.05, 0.1) is 29.5 Å². The second-order valence-electron chi connectivity index (χ2n) is 5.99. The van der Waals surface area contributed by atoms with E-state index in [-0.39, 0.29) is 11.3 Å². The van der Waals surface area contributed by atoms with E-state index in [1.807, 2.05) is 0 Å². The van der Waals surface area contributed by atoms with E-state index in [0.717, 1.165) is 17.0 Å². The zero-order valence-electron chi connectivity index (χ0n) is 13.9. The van der Waals surface area contributed by atoms with Crippen LogP contribution in [-0.2, 0) is 0 Å². The Labute approximate surface area is 147 Å². The molecule has 0 unspecified atom stereocenters. The molecule has 0 radical (unpaired) electrons. The number of rotatable bonds is 3. The molecular weight excluding hydrogens is 340 g/mol. The fourth-order valence-corrected chi connectivity index (χ4v) is 2.99. The lowest BCUT2D eigenvalue weighted by Gasteiger charge is -2.20. The highest BCUT2D eigenvalue weighted by atomic mass is 19.1. The number of amides is 1. The molecule has 26 heavy (non-hydrogen) atoms. The molecule has 4 rings (SSSR count). The van der Waals surface area contributed by atoms with Crippen molar-refractivity contribution in [1.82, 2.24) is 10.2 Å². The van der Waals surface area contributed by atoms with Gasteiger partial charge in [-0.1, -0.05) is 0 Å². The number of nitrogens with zero attached hydrogens (tertiary/aromatic N) is 3. The van der Waals surface area contributed by atoms with Crippen LogP contribution in [-0.4, -0.2) is 35.0 Å². The molecule has 0 saturated carbocycles.